The van der Waals surface area contributed by atoms with Gasteiger partial charge in [0.05, 0.1) is 5.52 Å². The first-order chi connectivity index (χ1) is 7.18. The van der Waals surface area contributed by atoms with E-state index in [1.165, 1.54) is 6.20 Å². The Bertz CT molecular complexity index is 508. The smallest absolute Gasteiger partial charge is 0.219 e. The van der Waals surface area contributed by atoms with Crippen LogP contribution in [0.3, 0.4) is 0 Å². The number of carbonyl (C=O) groups is 1. The molecule has 4 nitrogen and oxygen atoms in total. The number of rotatable bonds is 2. The predicted molar refractivity (Wildman–Crippen MR) is 54.3 cm³/mol. The van der Waals surface area contributed by atoms with Crippen LogP contribution in [0.2, 0.25) is 0 Å². The van der Waals surface area contributed by atoms with E-state index in [-0.39, 0.29) is 5.56 Å². The molecular formula is C11H9NO3. The van der Waals surface area contributed by atoms with Crippen molar-refractivity contribution < 1.29 is 15.0 Å². The highest BCUT2D eigenvalue weighted by atomic mass is 16.5. The number of Topliss-reactive ketones (excluding diaryl/α,β-unsaturated/α-hetero) is 1. The van der Waals surface area contributed by atoms with E-state index in [1.807, 2.05) is 24.3 Å². The maximum absolute atomic E-state index is 11.2. The van der Waals surface area contributed by atoms with Crippen molar-refractivity contribution in [2.75, 3.05) is 0 Å². The Morgan fingerprint density at radius 1 is 1.27 bits per heavy atom. The third-order valence-electron chi connectivity index (χ3n) is 2.11. The van der Waals surface area contributed by atoms with Gasteiger partial charge in [0.25, 0.3) is 0 Å². The van der Waals surface area contributed by atoms with Crippen molar-refractivity contribution >= 4 is 16.7 Å². The van der Waals surface area contributed by atoms with Gasteiger partial charge < -0.3 is 10.2 Å². The van der Waals surface area contributed by atoms with Gasteiger partial charge in [0.1, 0.15) is 0 Å². The molecule has 0 aliphatic carbocycles. The van der Waals surface area contributed by atoms with E-state index in [0.29, 0.717) is 0 Å². The second kappa shape index (κ2) is 3.76. The van der Waals surface area contributed by atoms with Gasteiger partial charge in [-0.3, -0.25) is 9.78 Å². The second-order valence-corrected chi connectivity index (χ2v) is 3.15. The van der Waals surface area contributed by atoms with Crippen LogP contribution in [-0.2, 0) is 0 Å². The number of pyridine rings is 1. The summed E-state index contributed by atoms with van der Waals surface area (Å²) in [7, 11) is 0. The lowest BCUT2D eigenvalue weighted by Gasteiger charge is -2.03. The molecule has 0 unspecified atom stereocenters. The van der Waals surface area contributed by atoms with E-state index in [0.717, 1.165) is 10.9 Å². The van der Waals surface area contributed by atoms with E-state index < -0.39 is 12.1 Å². The molecule has 15 heavy (non-hydrogen) atoms. The van der Waals surface area contributed by atoms with Crippen LogP contribution >= 0.6 is 0 Å². The number of aromatic nitrogens is 1. The van der Waals surface area contributed by atoms with Crippen LogP contribution in [-0.4, -0.2) is 27.3 Å². The van der Waals surface area contributed by atoms with Crippen molar-refractivity contribution in [3.05, 3.63) is 42.1 Å². The number of para-hydroxylation sites is 1. The molecule has 0 amide bonds. The van der Waals surface area contributed by atoms with Crippen LogP contribution < -0.4 is 0 Å². The summed E-state index contributed by atoms with van der Waals surface area (Å²) in [5.74, 6) is -0.742. The number of carbonyl (C=O) groups excluding carboxylic acids is 1. The van der Waals surface area contributed by atoms with Crippen molar-refractivity contribution in [1.29, 1.82) is 0 Å². The number of hydrogen-bond donors (Lipinski definition) is 2. The van der Waals surface area contributed by atoms with Gasteiger partial charge in [0.15, 0.2) is 0 Å². The number of aliphatic hydroxyl groups excluding tert-OH is 1. The minimum Gasteiger partial charge on any atom is -0.362 e. The van der Waals surface area contributed by atoms with Crippen LogP contribution in [0.4, 0.5) is 0 Å². The lowest BCUT2D eigenvalue weighted by atomic mass is 10.1. The molecule has 4 heteroatoms. The monoisotopic (exact) mass is 203 g/mol. The van der Waals surface area contributed by atoms with Gasteiger partial charge in [-0.1, -0.05) is 18.2 Å². The number of aliphatic hydroxyl groups is 2. The third kappa shape index (κ3) is 1.86. The molecule has 2 aromatic rings. The first-order valence-corrected chi connectivity index (χ1v) is 4.43. The average Bonchev–Trinajstić information content (AvgIpc) is 2.27. The Labute approximate surface area is 85.8 Å². The summed E-state index contributed by atoms with van der Waals surface area (Å²) >= 11 is 0. The molecule has 1 aromatic carbocycles. The second-order valence-electron chi connectivity index (χ2n) is 3.15. The molecule has 0 aliphatic rings. The highest BCUT2D eigenvalue weighted by Crippen LogP contribution is 2.13. The normalized spacial score (nSPS) is 10.9. The molecule has 76 valence electrons. The summed E-state index contributed by atoms with van der Waals surface area (Å²) in [5, 5.41) is 18.2. The molecule has 2 rings (SSSR count). The third-order valence-corrected chi connectivity index (χ3v) is 2.11. The lowest BCUT2D eigenvalue weighted by molar-refractivity contribution is -0.0195. The van der Waals surface area contributed by atoms with Crippen molar-refractivity contribution in [2.24, 2.45) is 0 Å². The van der Waals surface area contributed by atoms with Crippen LogP contribution in [0, 0.1) is 0 Å². The number of benzene rings is 1. The van der Waals surface area contributed by atoms with E-state index in [9.17, 15) is 4.79 Å². The fourth-order valence-corrected chi connectivity index (χ4v) is 1.35. The zero-order valence-electron chi connectivity index (χ0n) is 7.79. The molecule has 0 radical (unpaired) electrons. The summed E-state index contributed by atoms with van der Waals surface area (Å²) < 4.78 is 0. The largest absolute Gasteiger partial charge is 0.362 e. The highest BCUT2D eigenvalue weighted by Gasteiger charge is 2.14. The van der Waals surface area contributed by atoms with Gasteiger partial charge in [0, 0.05) is 17.1 Å². The van der Waals surface area contributed by atoms with E-state index in [1.54, 1.807) is 6.07 Å². The lowest BCUT2D eigenvalue weighted by Crippen LogP contribution is -2.19. The van der Waals surface area contributed by atoms with Crippen molar-refractivity contribution in [1.82, 2.24) is 4.98 Å². The van der Waals surface area contributed by atoms with Crippen molar-refractivity contribution in [2.45, 2.75) is 6.29 Å². The minimum absolute atomic E-state index is 0.198. The summed E-state index contributed by atoms with van der Waals surface area (Å²) in [6, 6.07) is 8.89. The topological polar surface area (TPSA) is 70.4 Å². The summed E-state index contributed by atoms with van der Waals surface area (Å²) in [6.45, 7) is 0. The Kier molecular flexibility index (Phi) is 2.45. The fraction of sp³-hybridized carbons (Fsp3) is 0.0909. The molecule has 0 atom stereocenters. The number of hydrogen-bond acceptors (Lipinski definition) is 4. The molecule has 1 aromatic heterocycles. The molecule has 0 bridgehead atoms. The van der Waals surface area contributed by atoms with Crippen molar-refractivity contribution in [3.8, 4) is 0 Å². The SMILES string of the molecule is O=C(c1cnc2ccccc2c1)C(O)O. The quantitative estimate of drug-likeness (QED) is 0.557. The first kappa shape index (κ1) is 9.76. The summed E-state index contributed by atoms with van der Waals surface area (Å²) in [6.07, 6.45) is -0.641. The Morgan fingerprint density at radius 2 is 2.00 bits per heavy atom. The fourth-order valence-electron chi connectivity index (χ4n) is 1.35. The van der Waals surface area contributed by atoms with Gasteiger partial charge in [-0.2, -0.15) is 0 Å². The summed E-state index contributed by atoms with van der Waals surface area (Å²) in [5.41, 5.74) is 0.963. The molecule has 0 spiro atoms. The van der Waals surface area contributed by atoms with Gasteiger partial charge in [0.2, 0.25) is 12.1 Å². The number of ketones is 1. The number of nitrogens with zero attached hydrogens (tertiary/aromatic N) is 1. The van der Waals surface area contributed by atoms with Crippen LogP contribution in [0.1, 0.15) is 10.4 Å². The van der Waals surface area contributed by atoms with Gasteiger partial charge >= 0.3 is 0 Å². The Hall–Kier alpha value is -1.78. The van der Waals surface area contributed by atoms with E-state index in [4.69, 9.17) is 10.2 Å². The molecule has 0 saturated heterocycles. The van der Waals surface area contributed by atoms with Crippen LogP contribution in [0.15, 0.2) is 36.5 Å². The zero-order valence-corrected chi connectivity index (χ0v) is 7.79. The summed E-state index contributed by atoms with van der Waals surface area (Å²) in [4.78, 5) is 15.3. The maximum atomic E-state index is 11.2. The molecule has 0 fully saturated rings. The molecule has 2 N–H and O–H groups in total. The Morgan fingerprint density at radius 3 is 2.73 bits per heavy atom. The van der Waals surface area contributed by atoms with Crippen LogP contribution in [0.5, 0.6) is 0 Å². The van der Waals surface area contributed by atoms with Gasteiger partial charge in [-0.05, 0) is 12.1 Å². The van der Waals surface area contributed by atoms with Crippen LogP contribution in [0.25, 0.3) is 10.9 Å². The zero-order chi connectivity index (χ0) is 10.8. The molecule has 1 heterocycles. The highest BCUT2D eigenvalue weighted by molar-refractivity contribution is 6.00. The number of fused-ring (bicyclic) bond motifs is 1. The van der Waals surface area contributed by atoms with E-state index in [2.05, 4.69) is 4.98 Å². The van der Waals surface area contributed by atoms with E-state index >= 15 is 0 Å². The standard InChI is InChI=1S/C11H9NO3/c13-10(11(14)15)8-5-7-3-1-2-4-9(7)12-6-8/h1-6,11,14-15H. The predicted octanol–water partition coefficient (Wildman–Crippen LogP) is 0.728. The van der Waals surface area contributed by atoms with Gasteiger partial charge in [-0.15, -0.1) is 0 Å². The van der Waals surface area contributed by atoms with Crippen molar-refractivity contribution in [3.63, 3.8) is 0 Å². The Balaban J connectivity index is 2.52. The maximum Gasteiger partial charge on any atom is 0.219 e. The molecule has 0 aliphatic heterocycles. The minimum atomic E-state index is -1.98. The molecule has 0 saturated carbocycles. The van der Waals surface area contributed by atoms with Gasteiger partial charge in [-0.25, -0.2) is 0 Å². The average molecular weight is 203 g/mol. The first-order valence-electron chi connectivity index (χ1n) is 4.43. The molecular weight excluding hydrogens is 194 g/mol.